The summed E-state index contributed by atoms with van der Waals surface area (Å²) in [7, 11) is -3.55. The summed E-state index contributed by atoms with van der Waals surface area (Å²) in [6.07, 6.45) is 0. The number of nitrogens with zero attached hydrogens (tertiary/aromatic N) is 2. The third kappa shape index (κ3) is 4.36. The molecule has 146 valence electrons. The molecule has 0 bridgehead atoms. The van der Waals surface area contributed by atoms with E-state index in [0.29, 0.717) is 15.7 Å². The summed E-state index contributed by atoms with van der Waals surface area (Å²) < 4.78 is 26.8. The second kappa shape index (κ2) is 8.03. The molecule has 4 nitrogen and oxygen atoms in total. The lowest BCUT2D eigenvalue weighted by molar-refractivity contribution is 0.231. The van der Waals surface area contributed by atoms with Crippen LogP contribution in [0, 0.1) is 19.8 Å². The molecule has 1 fully saturated rings. The quantitative estimate of drug-likeness (QED) is 0.781. The van der Waals surface area contributed by atoms with E-state index in [9.17, 15) is 8.42 Å². The molecule has 0 N–H and O–H groups in total. The number of hydrogen-bond acceptors (Lipinski definition) is 4. The zero-order valence-corrected chi connectivity index (χ0v) is 17.6. The minimum Gasteiger partial charge on any atom is -0.368 e. The maximum atomic E-state index is 13.4. The normalized spacial score (nSPS) is 16.1. The Bertz CT molecular complexity index is 898. The predicted octanol–water partition coefficient (Wildman–Crippen LogP) is 3.91. The third-order valence-corrected chi connectivity index (χ3v) is 7.07. The van der Waals surface area contributed by atoms with Gasteiger partial charge in [-0.05, 0) is 43.5 Å². The number of para-hydroxylation sites is 1. The van der Waals surface area contributed by atoms with Crippen LogP contribution in [0.1, 0.15) is 25.0 Å². The van der Waals surface area contributed by atoms with Crippen LogP contribution in [0.4, 0.5) is 5.69 Å². The fourth-order valence-electron chi connectivity index (χ4n) is 3.85. The van der Waals surface area contributed by atoms with Gasteiger partial charge in [-0.2, -0.15) is 0 Å². The van der Waals surface area contributed by atoms with Crippen molar-refractivity contribution in [2.24, 2.45) is 5.92 Å². The smallest absolute Gasteiger partial charge is 0.208 e. The summed E-state index contributed by atoms with van der Waals surface area (Å²) in [6.45, 7) is 13.1. The van der Waals surface area contributed by atoms with Crippen molar-refractivity contribution in [3.63, 3.8) is 0 Å². The lowest BCUT2D eigenvalue weighted by Crippen LogP contribution is -2.47. The summed E-state index contributed by atoms with van der Waals surface area (Å²) >= 11 is 0. The summed E-state index contributed by atoms with van der Waals surface area (Å²) in [6, 6.07) is 13.0. The van der Waals surface area contributed by atoms with Crippen molar-refractivity contribution in [1.29, 1.82) is 0 Å². The van der Waals surface area contributed by atoms with Crippen LogP contribution in [-0.4, -0.2) is 46.0 Å². The molecule has 1 saturated heterocycles. The first kappa shape index (κ1) is 19.9. The highest BCUT2D eigenvalue weighted by molar-refractivity contribution is 7.91. The van der Waals surface area contributed by atoms with Crippen LogP contribution in [0.2, 0.25) is 0 Å². The van der Waals surface area contributed by atoms with Gasteiger partial charge in [0.25, 0.3) is 0 Å². The van der Waals surface area contributed by atoms with Gasteiger partial charge in [-0.15, -0.1) is 0 Å². The maximum absolute atomic E-state index is 13.4. The van der Waals surface area contributed by atoms with Gasteiger partial charge in [-0.25, -0.2) is 8.42 Å². The number of rotatable bonds is 5. The second-order valence-corrected chi connectivity index (χ2v) is 9.81. The van der Waals surface area contributed by atoms with Crippen molar-refractivity contribution >= 4 is 15.5 Å². The molecule has 1 aliphatic heterocycles. The van der Waals surface area contributed by atoms with E-state index < -0.39 is 9.84 Å². The van der Waals surface area contributed by atoms with Crippen molar-refractivity contribution in [3.8, 4) is 0 Å². The molecule has 0 unspecified atom stereocenters. The number of benzene rings is 2. The summed E-state index contributed by atoms with van der Waals surface area (Å²) in [5, 5.41) is 0. The Morgan fingerprint density at radius 2 is 1.59 bits per heavy atom. The number of hydrogen-bond donors (Lipinski definition) is 0. The van der Waals surface area contributed by atoms with E-state index in [2.05, 4.69) is 23.6 Å². The monoisotopic (exact) mass is 386 g/mol. The van der Waals surface area contributed by atoms with Gasteiger partial charge in [0.1, 0.15) is 0 Å². The summed E-state index contributed by atoms with van der Waals surface area (Å²) in [4.78, 5) is 5.49. The number of sulfone groups is 1. The van der Waals surface area contributed by atoms with Gasteiger partial charge in [0.15, 0.2) is 0 Å². The molecular weight excluding hydrogens is 356 g/mol. The average molecular weight is 387 g/mol. The zero-order valence-electron chi connectivity index (χ0n) is 16.8. The molecule has 3 rings (SSSR count). The summed E-state index contributed by atoms with van der Waals surface area (Å²) in [5.74, 6) is 0.647. The number of anilines is 1. The molecule has 0 amide bonds. The first-order valence-electron chi connectivity index (χ1n) is 9.67. The van der Waals surface area contributed by atoms with Crippen LogP contribution in [0.3, 0.4) is 0 Å². The fourth-order valence-corrected chi connectivity index (χ4v) is 5.55. The van der Waals surface area contributed by atoms with E-state index in [0.717, 1.165) is 49.5 Å². The predicted molar refractivity (Wildman–Crippen MR) is 111 cm³/mol. The maximum Gasteiger partial charge on any atom is 0.208 e. The second-order valence-electron chi connectivity index (χ2n) is 7.92. The van der Waals surface area contributed by atoms with E-state index in [1.807, 2.05) is 44.2 Å². The molecule has 0 radical (unpaired) electrons. The summed E-state index contributed by atoms with van der Waals surface area (Å²) in [5.41, 5.74) is 2.69. The highest BCUT2D eigenvalue weighted by Gasteiger charge is 2.27. The minimum absolute atomic E-state index is 0.402. The van der Waals surface area contributed by atoms with Crippen molar-refractivity contribution in [2.75, 3.05) is 37.6 Å². The topological polar surface area (TPSA) is 40.6 Å². The van der Waals surface area contributed by atoms with Gasteiger partial charge in [-0.3, -0.25) is 4.90 Å². The molecule has 0 spiro atoms. The van der Waals surface area contributed by atoms with Gasteiger partial charge >= 0.3 is 0 Å². The molecule has 1 heterocycles. The van der Waals surface area contributed by atoms with E-state index >= 15 is 0 Å². The molecule has 0 aromatic heterocycles. The lowest BCUT2D eigenvalue weighted by atomic mass is 10.2. The standard InChI is InChI=1S/C22H30N2O2S/c1-17(2)16-23-11-13-24(14-12-23)20-7-5-6-8-22(20)27(25,26)21-10-9-18(3)15-19(21)4/h5-10,15,17H,11-14,16H2,1-4H3. The third-order valence-electron chi connectivity index (χ3n) is 5.11. The van der Waals surface area contributed by atoms with Crippen molar-refractivity contribution in [1.82, 2.24) is 4.90 Å². The Kier molecular flexibility index (Phi) is 5.92. The SMILES string of the molecule is Cc1ccc(S(=O)(=O)c2ccccc2N2CCN(CC(C)C)CC2)c(C)c1. The van der Waals surface area contributed by atoms with Gasteiger partial charge in [0.2, 0.25) is 9.84 Å². The highest BCUT2D eigenvalue weighted by Crippen LogP contribution is 2.32. The van der Waals surface area contributed by atoms with Crippen LogP contribution < -0.4 is 4.90 Å². The Balaban J connectivity index is 1.91. The first-order valence-corrected chi connectivity index (χ1v) is 11.2. The lowest BCUT2D eigenvalue weighted by Gasteiger charge is -2.37. The molecule has 27 heavy (non-hydrogen) atoms. The Morgan fingerprint density at radius 1 is 0.926 bits per heavy atom. The average Bonchev–Trinajstić information content (AvgIpc) is 2.61. The Hall–Kier alpha value is -1.85. The zero-order chi connectivity index (χ0) is 19.6. The number of aryl methyl sites for hydroxylation is 2. The van der Waals surface area contributed by atoms with Crippen LogP contribution in [-0.2, 0) is 9.84 Å². The van der Waals surface area contributed by atoms with Crippen molar-refractivity contribution in [3.05, 3.63) is 53.6 Å². The highest BCUT2D eigenvalue weighted by atomic mass is 32.2. The first-order chi connectivity index (χ1) is 12.8. The molecule has 2 aromatic carbocycles. The minimum atomic E-state index is -3.55. The molecule has 0 aliphatic carbocycles. The van der Waals surface area contributed by atoms with E-state index in [4.69, 9.17) is 0 Å². The fraction of sp³-hybridized carbons (Fsp3) is 0.455. The molecule has 1 aliphatic rings. The van der Waals surface area contributed by atoms with Gasteiger partial charge < -0.3 is 4.90 Å². The van der Waals surface area contributed by atoms with Crippen LogP contribution >= 0.6 is 0 Å². The van der Waals surface area contributed by atoms with Crippen LogP contribution in [0.15, 0.2) is 52.3 Å². The van der Waals surface area contributed by atoms with E-state index in [1.54, 1.807) is 12.1 Å². The molecule has 5 heteroatoms. The Morgan fingerprint density at radius 3 is 2.22 bits per heavy atom. The largest absolute Gasteiger partial charge is 0.368 e. The molecule has 2 aromatic rings. The van der Waals surface area contributed by atoms with Crippen molar-refractivity contribution < 1.29 is 8.42 Å². The molecule has 0 saturated carbocycles. The van der Waals surface area contributed by atoms with Crippen molar-refractivity contribution in [2.45, 2.75) is 37.5 Å². The molecular formula is C22H30N2O2S. The van der Waals surface area contributed by atoms with Gasteiger partial charge in [-0.1, -0.05) is 43.7 Å². The van der Waals surface area contributed by atoms with Crippen LogP contribution in [0.25, 0.3) is 0 Å². The van der Waals surface area contributed by atoms with E-state index in [1.165, 1.54) is 0 Å². The van der Waals surface area contributed by atoms with E-state index in [-0.39, 0.29) is 0 Å². The molecule has 0 atom stereocenters. The van der Waals surface area contributed by atoms with Crippen LogP contribution in [0.5, 0.6) is 0 Å². The Labute approximate surface area is 163 Å². The van der Waals surface area contributed by atoms with Gasteiger partial charge in [0, 0.05) is 32.7 Å². The number of piperazine rings is 1. The van der Waals surface area contributed by atoms with Gasteiger partial charge in [0.05, 0.1) is 15.5 Å².